The summed E-state index contributed by atoms with van der Waals surface area (Å²) in [7, 11) is -4.18. The van der Waals surface area contributed by atoms with Gasteiger partial charge in [0.05, 0.1) is 28.7 Å². The van der Waals surface area contributed by atoms with Crippen LogP contribution in [0.3, 0.4) is 0 Å². The first-order chi connectivity index (χ1) is 15.4. The third-order valence-corrected chi connectivity index (χ3v) is 6.01. The zero-order valence-corrected chi connectivity index (χ0v) is 18.5. The van der Waals surface area contributed by atoms with Crippen LogP contribution in [-0.2, 0) is 21.0 Å². The Bertz CT molecular complexity index is 1340. The number of carbonyl (C=O) groups excluding carboxylic acids is 1. The quantitative estimate of drug-likeness (QED) is 0.393. The maximum atomic E-state index is 13.1. The van der Waals surface area contributed by atoms with E-state index in [-0.39, 0.29) is 10.8 Å². The number of alkyl halides is 3. The second-order valence-electron chi connectivity index (χ2n) is 6.95. The van der Waals surface area contributed by atoms with Crippen LogP contribution in [0, 0.1) is 0 Å². The van der Waals surface area contributed by atoms with Crippen molar-refractivity contribution in [3.8, 4) is 5.75 Å². The number of sulfonamides is 1. The highest BCUT2D eigenvalue weighted by Gasteiger charge is 2.33. The molecule has 1 amide bonds. The third-order valence-electron chi connectivity index (χ3n) is 4.56. The molecule has 174 valence electrons. The first-order valence-corrected chi connectivity index (χ1v) is 11.5. The SMILES string of the molecule is CS(=O)(=O)N(CC(=O)N/N=C\c1c(O)ccc2ccccc12)c1cc(C(F)(F)F)ccc1Cl. The molecule has 2 N–H and O–H groups in total. The van der Waals surface area contributed by atoms with Crippen molar-refractivity contribution in [2.24, 2.45) is 5.10 Å². The number of amides is 1. The molecule has 0 spiro atoms. The lowest BCUT2D eigenvalue weighted by Gasteiger charge is -2.23. The van der Waals surface area contributed by atoms with Crippen molar-refractivity contribution >= 4 is 50.2 Å². The van der Waals surface area contributed by atoms with Gasteiger partial charge in [0.25, 0.3) is 5.91 Å². The second-order valence-corrected chi connectivity index (χ2v) is 9.26. The van der Waals surface area contributed by atoms with E-state index in [1.165, 1.54) is 12.3 Å². The Morgan fingerprint density at radius 2 is 1.88 bits per heavy atom. The number of fused-ring (bicyclic) bond motifs is 1. The lowest BCUT2D eigenvalue weighted by molar-refractivity contribution is -0.137. The summed E-state index contributed by atoms with van der Waals surface area (Å²) in [5.74, 6) is -1.04. The molecule has 0 heterocycles. The van der Waals surface area contributed by atoms with Gasteiger partial charge in [0.15, 0.2) is 0 Å². The second kappa shape index (κ2) is 9.28. The van der Waals surface area contributed by atoms with Gasteiger partial charge < -0.3 is 5.11 Å². The van der Waals surface area contributed by atoms with Crippen LogP contribution in [0.15, 0.2) is 59.7 Å². The molecule has 0 aliphatic heterocycles. The number of hydrazone groups is 1. The summed E-state index contributed by atoms with van der Waals surface area (Å²) in [6.45, 7) is -0.876. The molecule has 0 atom stereocenters. The monoisotopic (exact) mass is 499 g/mol. The highest BCUT2D eigenvalue weighted by atomic mass is 35.5. The zero-order valence-electron chi connectivity index (χ0n) is 17.0. The van der Waals surface area contributed by atoms with Gasteiger partial charge in [-0.3, -0.25) is 9.10 Å². The Kier molecular flexibility index (Phi) is 6.84. The molecule has 33 heavy (non-hydrogen) atoms. The minimum absolute atomic E-state index is 0.0970. The van der Waals surface area contributed by atoms with E-state index in [1.54, 1.807) is 24.3 Å². The molecule has 0 unspecified atom stereocenters. The summed E-state index contributed by atoms with van der Waals surface area (Å²) in [6, 6.07) is 12.4. The number of nitrogens with one attached hydrogen (secondary N) is 1. The number of nitrogens with zero attached hydrogens (tertiary/aromatic N) is 2. The van der Waals surface area contributed by atoms with Crippen molar-refractivity contribution in [2.45, 2.75) is 6.18 Å². The van der Waals surface area contributed by atoms with E-state index >= 15 is 0 Å². The van der Waals surface area contributed by atoms with E-state index in [0.29, 0.717) is 27.4 Å². The van der Waals surface area contributed by atoms with Crippen LogP contribution in [0.4, 0.5) is 18.9 Å². The summed E-state index contributed by atoms with van der Waals surface area (Å²) >= 11 is 5.93. The highest BCUT2D eigenvalue weighted by molar-refractivity contribution is 7.92. The molecule has 0 aliphatic rings. The first kappa shape index (κ1) is 24.3. The van der Waals surface area contributed by atoms with Gasteiger partial charge in [-0.15, -0.1) is 0 Å². The number of hydrogen-bond donors (Lipinski definition) is 2. The van der Waals surface area contributed by atoms with Crippen LogP contribution in [0.5, 0.6) is 5.75 Å². The Morgan fingerprint density at radius 3 is 2.55 bits per heavy atom. The number of aromatic hydroxyl groups is 1. The molecule has 3 aromatic rings. The standard InChI is InChI=1S/C21H17ClF3N3O4S/c1-33(31,32)28(18-10-14(21(23,24)25)7-8-17(18)22)12-20(30)27-26-11-16-15-5-3-2-4-13(15)6-9-19(16)29/h2-11,29H,12H2,1H3,(H,27,30)/b26-11-. The lowest BCUT2D eigenvalue weighted by Crippen LogP contribution is -2.39. The molecule has 3 aromatic carbocycles. The van der Waals surface area contributed by atoms with Crippen LogP contribution in [0.1, 0.15) is 11.1 Å². The van der Waals surface area contributed by atoms with Crippen molar-refractivity contribution in [1.29, 1.82) is 0 Å². The topological polar surface area (TPSA) is 99.1 Å². The fourth-order valence-corrected chi connectivity index (χ4v) is 4.15. The normalized spacial score (nSPS) is 12.3. The van der Waals surface area contributed by atoms with Crippen LogP contribution >= 0.6 is 11.6 Å². The molecule has 0 bridgehead atoms. The molecule has 0 fully saturated rings. The van der Waals surface area contributed by atoms with E-state index in [9.17, 15) is 31.5 Å². The molecule has 0 saturated heterocycles. The number of hydrogen-bond acceptors (Lipinski definition) is 5. The fraction of sp³-hybridized carbons (Fsp3) is 0.143. The van der Waals surface area contributed by atoms with E-state index in [1.807, 2.05) is 6.07 Å². The zero-order chi connectivity index (χ0) is 24.4. The lowest BCUT2D eigenvalue weighted by atomic mass is 10.0. The van der Waals surface area contributed by atoms with Gasteiger partial charge in [-0.25, -0.2) is 13.8 Å². The highest BCUT2D eigenvalue weighted by Crippen LogP contribution is 2.36. The van der Waals surface area contributed by atoms with E-state index in [4.69, 9.17) is 11.6 Å². The van der Waals surface area contributed by atoms with Crippen molar-refractivity contribution in [2.75, 3.05) is 17.1 Å². The van der Waals surface area contributed by atoms with Crippen molar-refractivity contribution in [3.63, 3.8) is 0 Å². The smallest absolute Gasteiger partial charge is 0.416 e. The van der Waals surface area contributed by atoms with Gasteiger partial charge in [0, 0.05) is 5.56 Å². The van der Waals surface area contributed by atoms with Crippen molar-refractivity contribution in [3.05, 3.63) is 70.7 Å². The van der Waals surface area contributed by atoms with E-state index in [0.717, 1.165) is 17.7 Å². The Balaban J connectivity index is 1.84. The number of phenols is 1. The van der Waals surface area contributed by atoms with Gasteiger partial charge >= 0.3 is 6.18 Å². The number of rotatable bonds is 6. The molecular formula is C21H17ClF3N3O4S. The maximum Gasteiger partial charge on any atom is 0.416 e. The summed E-state index contributed by atoms with van der Waals surface area (Å²) in [5, 5.41) is 15.0. The minimum Gasteiger partial charge on any atom is -0.507 e. The molecule has 12 heteroatoms. The van der Waals surface area contributed by atoms with Crippen LogP contribution < -0.4 is 9.73 Å². The predicted octanol–water partition coefficient (Wildman–Crippen LogP) is 4.13. The summed E-state index contributed by atoms with van der Waals surface area (Å²) < 4.78 is 64.0. The summed E-state index contributed by atoms with van der Waals surface area (Å²) in [5.41, 5.74) is 0.797. The van der Waals surface area contributed by atoms with Gasteiger partial charge in [0.1, 0.15) is 12.3 Å². The molecule has 0 saturated carbocycles. The van der Waals surface area contributed by atoms with Gasteiger partial charge in [-0.05, 0) is 35.0 Å². The number of anilines is 1. The Hall–Kier alpha value is -3.31. The molecule has 0 aliphatic carbocycles. The summed E-state index contributed by atoms with van der Waals surface area (Å²) in [4.78, 5) is 12.3. The van der Waals surface area contributed by atoms with Gasteiger partial charge in [-0.1, -0.05) is 41.9 Å². The molecule has 7 nitrogen and oxygen atoms in total. The molecular weight excluding hydrogens is 483 g/mol. The Morgan fingerprint density at radius 1 is 1.18 bits per heavy atom. The van der Waals surface area contributed by atoms with Crippen LogP contribution in [0.25, 0.3) is 10.8 Å². The number of phenolic OH excluding ortho intramolecular Hbond substituents is 1. The van der Waals surface area contributed by atoms with Crippen LogP contribution in [-0.4, -0.2) is 38.4 Å². The largest absolute Gasteiger partial charge is 0.507 e. The van der Waals surface area contributed by atoms with Crippen molar-refractivity contribution < 1.29 is 31.5 Å². The molecule has 0 aromatic heterocycles. The molecule has 0 radical (unpaired) electrons. The Labute approximate surface area is 192 Å². The first-order valence-electron chi connectivity index (χ1n) is 9.25. The predicted molar refractivity (Wildman–Crippen MR) is 120 cm³/mol. The average molecular weight is 500 g/mol. The summed E-state index contributed by atoms with van der Waals surface area (Å²) in [6.07, 6.45) is -2.83. The van der Waals surface area contributed by atoms with E-state index in [2.05, 4.69) is 10.5 Å². The third kappa shape index (κ3) is 5.74. The van der Waals surface area contributed by atoms with Crippen molar-refractivity contribution in [1.82, 2.24) is 5.43 Å². The maximum absolute atomic E-state index is 13.1. The number of halogens is 4. The molecule has 3 rings (SSSR count). The van der Waals surface area contributed by atoms with Crippen LogP contribution in [0.2, 0.25) is 5.02 Å². The van der Waals surface area contributed by atoms with Gasteiger partial charge in [0.2, 0.25) is 10.0 Å². The van der Waals surface area contributed by atoms with Gasteiger partial charge in [-0.2, -0.15) is 18.3 Å². The average Bonchev–Trinajstić information content (AvgIpc) is 2.72. The van der Waals surface area contributed by atoms with E-state index < -0.39 is 39.9 Å². The number of benzene rings is 3. The fourth-order valence-electron chi connectivity index (χ4n) is 3.02. The number of carbonyl (C=O) groups is 1. The minimum atomic E-state index is -4.74.